The molecule has 6 saturated carbocycles. The molecule has 8 fully saturated rings. The Morgan fingerprint density at radius 1 is 0.644 bits per heavy atom. The van der Waals surface area contributed by atoms with Crippen LogP contribution >= 0.6 is 23.2 Å². The van der Waals surface area contributed by atoms with Crippen LogP contribution in [0, 0.1) is 33.3 Å². The predicted octanol–water partition coefficient (Wildman–Crippen LogP) is 9.14. The summed E-state index contributed by atoms with van der Waals surface area (Å²) in [5, 5.41) is 9.53. The molecule has 2 saturated heterocycles. The van der Waals surface area contributed by atoms with E-state index in [1.54, 1.807) is 0 Å². The van der Waals surface area contributed by atoms with Gasteiger partial charge in [0, 0.05) is 36.3 Å². The number of ether oxygens (including phenoxy) is 1. The number of halogens is 10. The van der Waals surface area contributed by atoms with Crippen molar-refractivity contribution in [2.24, 2.45) is 21.7 Å². The number of carbonyl (C=O) groups is 6. The van der Waals surface area contributed by atoms with Gasteiger partial charge >= 0.3 is 24.3 Å². The summed E-state index contributed by atoms with van der Waals surface area (Å²) in [7, 11) is 1.28. The van der Waals surface area contributed by atoms with Crippen molar-refractivity contribution in [3.63, 3.8) is 0 Å². The lowest BCUT2D eigenvalue weighted by molar-refractivity contribution is -0.245. The molecule has 2 unspecified atom stereocenters. The Labute approximate surface area is 422 Å². The molecule has 4 bridgehead atoms. The molecule has 390 valence electrons. The Bertz CT molecular complexity index is 2870. The second-order valence-corrected chi connectivity index (χ2v) is 20.0. The molecule has 2 aromatic carbocycles. The maximum absolute atomic E-state index is 14.6. The van der Waals surface area contributed by atoms with Crippen LogP contribution in [0.15, 0.2) is 73.1 Å². The minimum absolute atomic E-state index is 0. The summed E-state index contributed by atoms with van der Waals surface area (Å²) >= 11 is 11.5. The van der Waals surface area contributed by atoms with Gasteiger partial charge < -0.3 is 19.6 Å². The number of pyridine rings is 2. The smallest absolute Gasteiger partial charge is 0.416 e. The van der Waals surface area contributed by atoms with Crippen LogP contribution in [0.25, 0.3) is 0 Å². The number of benzene rings is 2. The Kier molecular flexibility index (Phi) is 14.0. The molecule has 0 spiro atoms. The molecule has 2 aliphatic heterocycles. The Morgan fingerprint density at radius 2 is 0.986 bits per heavy atom. The molecule has 1 N–H and O–H groups in total. The number of anilines is 2. The van der Waals surface area contributed by atoms with Gasteiger partial charge in [-0.2, -0.15) is 26.3 Å². The van der Waals surface area contributed by atoms with Gasteiger partial charge in [-0.15, -0.1) is 0 Å². The summed E-state index contributed by atoms with van der Waals surface area (Å²) in [6.45, 7) is -1.30. The highest BCUT2D eigenvalue weighted by molar-refractivity contribution is 6.30. The van der Waals surface area contributed by atoms with E-state index in [0.717, 1.165) is 58.6 Å². The van der Waals surface area contributed by atoms with Gasteiger partial charge in [0.25, 0.3) is 11.8 Å². The molecule has 6 aliphatic carbocycles. The zero-order valence-electron chi connectivity index (χ0n) is 36.9. The standard InChI is InChI=1S/C24H20ClF4N3O4.C23H18ClF4N3O4.2CH4/c1-36-21(35)23-10-22(11-23,12-23)18-20(34)32(19-16(26)6-15(25)7-30-19)9-17(33)31(18)8-13-2-4-14(5-3-13)24(27,28)29;24-14-5-15(25)18(29-6-14)31-8-16(32)30(7-12-1-3-13(4-2-12)23(26,27)28)17(19(31)33)21-9-22(10-21,11-21)20(34)35;;/h2-7,18H,8-12H2,1H3;1-6,17H,7-11H2,(H,34,35);2*1H4. The normalized spacial score (nSPS) is 26.9. The zero-order valence-corrected chi connectivity index (χ0v) is 38.4. The van der Waals surface area contributed by atoms with Gasteiger partial charge in [0.05, 0.1) is 39.1 Å². The summed E-state index contributed by atoms with van der Waals surface area (Å²) in [5.41, 5.74) is -4.12. The van der Waals surface area contributed by atoms with Crippen LogP contribution in [-0.4, -0.2) is 92.7 Å². The number of amides is 4. The van der Waals surface area contributed by atoms with Crippen LogP contribution in [0.3, 0.4) is 0 Å². The third-order valence-electron chi connectivity index (χ3n) is 14.6. The lowest BCUT2D eigenvalue weighted by Crippen LogP contribution is -2.77. The van der Waals surface area contributed by atoms with Crippen LogP contribution in [0.4, 0.5) is 46.8 Å². The number of methoxy groups -OCH3 is 1. The van der Waals surface area contributed by atoms with Gasteiger partial charge in [-0.3, -0.25) is 38.6 Å². The van der Waals surface area contributed by atoms with E-state index >= 15 is 0 Å². The molecule has 12 rings (SSSR count). The van der Waals surface area contributed by atoms with Crippen molar-refractivity contribution in [1.29, 1.82) is 0 Å². The van der Waals surface area contributed by atoms with Gasteiger partial charge in [0.2, 0.25) is 11.8 Å². The van der Waals surface area contributed by atoms with E-state index in [2.05, 4.69) is 9.97 Å². The van der Waals surface area contributed by atoms with Crippen molar-refractivity contribution in [3.8, 4) is 0 Å². The summed E-state index contributed by atoms with van der Waals surface area (Å²) in [6, 6.07) is 8.35. The van der Waals surface area contributed by atoms with Crippen molar-refractivity contribution in [2.75, 3.05) is 30.0 Å². The highest BCUT2D eigenvalue weighted by atomic mass is 35.5. The molecular formula is C49H46Cl2F8N6O8. The number of nitrogens with zero attached hydrogens (tertiary/aromatic N) is 6. The lowest BCUT2D eigenvalue weighted by atomic mass is 9.32. The number of carboxylic acid groups (broad SMARTS) is 1. The van der Waals surface area contributed by atoms with Crippen molar-refractivity contribution in [1.82, 2.24) is 19.8 Å². The van der Waals surface area contributed by atoms with Gasteiger partial charge in [-0.05, 0) is 86.1 Å². The fraction of sp³-hybridized carbons (Fsp3) is 0.429. The van der Waals surface area contributed by atoms with Crippen LogP contribution in [0.1, 0.15) is 75.6 Å². The number of carboxylic acids is 1. The second kappa shape index (κ2) is 18.8. The Balaban J connectivity index is 0.000000208. The third kappa shape index (κ3) is 9.22. The molecule has 2 aromatic heterocycles. The van der Waals surface area contributed by atoms with E-state index in [1.807, 2.05) is 0 Å². The zero-order chi connectivity index (χ0) is 51.4. The van der Waals surface area contributed by atoms with Gasteiger partial charge in [0.15, 0.2) is 23.3 Å². The van der Waals surface area contributed by atoms with Crippen LogP contribution in [0.2, 0.25) is 10.0 Å². The average molecular weight is 1070 g/mol. The Morgan fingerprint density at radius 3 is 1.29 bits per heavy atom. The fourth-order valence-electron chi connectivity index (χ4n) is 11.5. The number of aromatic nitrogens is 2. The van der Waals surface area contributed by atoms with Gasteiger partial charge in [-0.25, -0.2) is 18.7 Å². The molecule has 4 heterocycles. The maximum atomic E-state index is 14.6. The molecule has 0 radical (unpaired) electrons. The largest absolute Gasteiger partial charge is 0.481 e. The van der Waals surface area contributed by atoms with Crippen molar-refractivity contribution in [3.05, 3.63) is 117 Å². The quantitative estimate of drug-likeness (QED) is 0.119. The first-order valence-corrected chi connectivity index (χ1v) is 22.5. The summed E-state index contributed by atoms with van der Waals surface area (Å²) in [5.74, 6) is -6.13. The Hall–Kier alpha value is -6.42. The maximum Gasteiger partial charge on any atom is 0.416 e. The second-order valence-electron chi connectivity index (χ2n) is 19.1. The number of piperazine rings is 2. The SMILES string of the molecule is C.C.COC(=O)C12CC(C3C(=O)N(c4ncc(Cl)cc4F)CC(=O)N3Cc3ccc(C(F)(F)F)cc3)(C1)C2.O=C1C(C23CC(C(=O)O)(C2)C3)N(Cc2ccc(C(F)(F)F)cc2)C(=O)CN1c1ncc(Cl)cc1F. The number of rotatable bonds is 10. The van der Waals surface area contributed by atoms with E-state index < -0.39 is 118 Å². The fourth-order valence-corrected chi connectivity index (χ4v) is 11.8. The minimum Gasteiger partial charge on any atom is -0.481 e. The number of hydrogen-bond donors (Lipinski definition) is 1. The third-order valence-corrected chi connectivity index (χ3v) is 15.0. The number of carbonyl (C=O) groups excluding carboxylic acids is 5. The van der Waals surface area contributed by atoms with E-state index in [-0.39, 0.29) is 68.9 Å². The molecule has 8 aliphatic rings. The van der Waals surface area contributed by atoms with E-state index in [1.165, 1.54) is 41.2 Å². The molecular weight excluding hydrogens is 1020 g/mol. The van der Waals surface area contributed by atoms with Gasteiger partial charge in [-0.1, -0.05) is 62.3 Å². The first kappa shape index (κ1) is 54.4. The monoisotopic (exact) mass is 1070 g/mol. The first-order valence-electron chi connectivity index (χ1n) is 21.7. The van der Waals surface area contributed by atoms with E-state index in [9.17, 15) is 69.0 Å². The molecule has 14 nitrogen and oxygen atoms in total. The number of alkyl halides is 6. The molecule has 4 aromatic rings. The average Bonchev–Trinajstić information content (AvgIpc) is 3.23. The van der Waals surface area contributed by atoms with Crippen molar-refractivity contribution in [2.45, 2.75) is 90.9 Å². The van der Waals surface area contributed by atoms with Crippen molar-refractivity contribution >= 4 is 70.4 Å². The molecule has 2 atom stereocenters. The summed E-state index contributed by atoms with van der Waals surface area (Å²) in [4.78, 5) is 90.0. The van der Waals surface area contributed by atoms with Crippen molar-refractivity contribution < 1.29 is 73.7 Å². The minimum atomic E-state index is -4.52. The van der Waals surface area contributed by atoms with E-state index in [0.29, 0.717) is 30.4 Å². The summed E-state index contributed by atoms with van der Waals surface area (Å²) < 4.78 is 112. The van der Waals surface area contributed by atoms with Crippen LogP contribution < -0.4 is 9.80 Å². The number of aliphatic carboxylic acids is 1. The topological polar surface area (TPSA) is 171 Å². The number of esters is 1. The van der Waals surface area contributed by atoms with Crippen LogP contribution in [-0.2, 0) is 58.9 Å². The van der Waals surface area contributed by atoms with Crippen LogP contribution in [0.5, 0.6) is 0 Å². The molecule has 73 heavy (non-hydrogen) atoms. The van der Waals surface area contributed by atoms with Gasteiger partial charge in [0.1, 0.15) is 25.2 Å². The lowest BCUT2D eigenvalue weighted by Gasteiger charge is -2.72. The highest BCUT2D eigenvalue weighted by Crippen LogP contribution is 2.77. The molecule has 4 amide bonds. The van der Waals surface area contributed by atoms with E-state index in [4.69, 9.17) is 27.9 Å². The summed E-state index contributed by atoms with van der Waals surface area (Å²) in [6.07, 6.45) is -5.28. The molecule has 24 heteroatoms. The number of hydrogen-bond acceptors (Lipinski definition) is 9. The first-order chi connectivity index (χ1) is 33.2. The highest BCUT2D eigenvalue weighted by Gasteiger charge is 2.78. The predicted molar refractivity (Wildman–Crippen MR) is 245 cm³/mol.